The number of benzene rings is 2. The standard InChI is InChI=1S/C35H47NO5/c1-24-6-4-17-34(2)32(16-18-35(34,40)23-36-19-5-7-27(36)22-37)30-15-9-25(20-28(38)12-8-24)21-31(30)33(39)26-10-13-29(41-3)14-11-26/h6,9-11,13-15,21,27-28,32,37-38,40H,4-5,7-8,12,16-20,22-23H2,1-3H3/t27-,28-,32-,34-,35+/m0/s1. The molecule has 2 aromatic carbocycles. The highest BCUT2D eigenvalue weighted by Crippen LogP contribution is 2.59. The molecule has 6 nitrogen and oxygen atoms in total. The predicted molar refractivity (Wildman–Crippen MR) is 162 cm³/mol. The third-order valence-corrected chi connectivity index (χ3v) is 10.4. The van der Waals surface area contributed by atoms with E-state index >= 15 is 0 Å². The Hall–Kier alpha value is -2.51. The third-order valence-electron chi connectivity index (χ3n) is 10.4. The van der Waals surface area contributed by atoms with Crippen molar-refractivity contribution in [1.82, 2.24) is 4.90 Å². The fourth-order valence-electron chi connectivity index (χ4n) is 7.74. The van der Waals surface area contributed by atoms with Gasteiger partial charge >= 0.3 is 0 Å². The Balaban J connectivity index is 1.59. The maximum Gasteiger partial charge on any atom is 0.193 e. The van der Waals surface area contributed by atoms with Gasteiger partial charge in [0.15, 0.2) is 5.78 Å². The summed E-state index contributed by atoms with van der Waals surface area (Å²) in [6.45, 7) is 5.91. The normalized spacial score (nSPS) is 31.0. The largest absolute Gasteiger partial charge is 0.497 e. The minimum Gasteiger partial charge on any atom is -0.497 e. The second-order valence-corrected chi connectivity index (χ2v) is 13.0. The summed E-state index contributed by atoms with van der Waals surface area (Å²) in [5, 5.41) is 33.3. The van der Waals surface area contributed by atoms with Crippen molar-refractivity contribution >= 4 is 5.78 Å². The number of nitrogens with zero attached hydrogens (tertiary/aromatic N) is 1. The average Bonchev–Trinajstić information content (AvgIpc) is 3.52. The van der Waals surface area contributed by atoms with Gasteiger partial charge in [0.1, 0.15) is 5.75 Å². The van der Waals surface area contributed by atoms with Gasteiger partial charge in [-0.25, -0.2) is 0 Å². The summed E-state index contributed by atoms with van der Waals surface area (Å²) in [5.74, 6) is 0.656. The highest BCUT2D eigenvalue weighted by Gasteiger charge is 2.57. The number of methoxy groups -OCH3 is 1. The van der Waals surface area contributed by atoms with Crippen LogP contribution in [0.4, 0.5) is 0 Å². The van der Waals surface area contributed by atoms with Crippen LogP contribution in [0.25, 0.3) is 0 Å². The molecule has 2 fully saturated rings. The van der Waals surface area contributed by atoms with E-state index in [1.165, 1.54) is 5.57 Å². The topological polar surface area (TPSA) is 90.2 Å². The number of hydrogen-bond donors (Lipinski definition) is 3. The molecule has 4 aliphatic rings. The molecule has 6 heteroatoms. The summed E-state index contributed by atoms with van der Waals surface area (Å²) < 4.78 is 5.31. The lowest BCUT2D eigenvalue weighted by atomic mass is 9.64. The molecule has 0 amide bonds. The van der Waals surface area contributed by atoms with Gasteiger partial charge in [-0.3, -0.25) is 9.69 Å². The van der Waals surface area contributed by atoms with Gasteiger partial charge in [-0.05, 0) is 119 Å². The second-order valence-electron chi connectivity index (χ2n) is 13.0. The van der Waals surface area contributed by atoms with Crippen LogP contribution in [0.3, 0.4) is 0 Å². The Morgan fingerprint density at radius 3 is 2.61 bits per heavy atom. The zero-order valence-electron chi connectivity index (χ0n) is 24.9. The summed E-state index contributed by atoms with van der Waals surface area (Å²) >= 11 is 0. The lowest BCUT2D eigenvalue weighted by Crippen LogP contribution is -2.53. The molecule has 0 aromatic heterocycles. The van der Waals surface area contributed by atoms with E-state index in [0.29, 0.717) is 42.7 Å². The fraction of sp³-hybridized carbons (Fsp3) is 0.571. The smallest absolute Gasteiger partial charge is 0.193 e. The Labute approximate surface area is 245 Å². The molecule has 0 unspecified atom stereocenters. The minimum absolute atomic E-state index is 0.00417. The van der Waals surface area contributed by atoms with E-state index in [2.05, 4.69) is 37.0 Å². The molecular formula is C35H47NO5. The molecule has 1 heterocycles. The molecular weight excluding hydrogens is 514 g/mol. The molecule has 3 N–H and O–H groups in total. The van der Waals surface area contributed by atoms with Gasteiger partial charge in [0.05, 0.1) is 25.4 Å². The van der Waals surface area contributed by atoms with Gasteiger partial charge in [-0.2, -0.15) is 0 Å². The second kappa shape index (κ2) is 12.4. The molecule has 6 rings (SSSR count). The van der Waals surface area contributed by atoms with Crippen molar-refractivity contribution in [3.63, 3.8) is 0 Å². The molecule has 2 bridgehead atoms. The van der Waals surface area contributed by atoms with E-state index in [1.54, 1.807) is 7.11 Å². The highest BCUT2D eigenvalue weighted by atomic mass is 16.5. The van der Waals surface area contributed by atoms with E-state index in [-0.39, 0.29) is 24.3 Å². The van der Waals surface area contributed by atoms with Crippen LogP contribution in [0.5, 0.6) is 5.75 Å². The number of ketones is 1. The molecule has 1 aliphatic heterocycles. The van der Waals surface area contributed by atoms with Crippen molar-refractivity contribution < 1.29 is 24.9 Å². The molecule has 5 atom stereocenters. The van der Waals surface area contributed by atoms with Crippen LogP contribution < -0.4 is 4.74 Å². The number of fused-ring (bicyclic) bond motifs is 8. The number of carbonyl (C=O) groups excluding carboxylic acids is 1. The van der Waals surface area contributed by atoms with Crippen LogP contribution in [0.15, 0.2) is 54.1 Å². The first-order valence-corrected chi connectivity index (χ1v) is 15.4. The maximum absolute atomic E-state index is 14.1. The lowest BCUT2D eigenvalue weighted by molar-refractivity contribution is -0.0875. The number of β-amino-alcohol motifs (C(OH)–C–C–N with tert-alkyl or cyclic N) is 1. The van der Waals surface area contributed by atoms with Gasteiger partial charge in [0, 0.05) is 29.1 Å². The molecule has 2 aromatic rings. The first-order chi connectivity index (χ1) is 19.7. The fourth-order valence-corrected chi connectivity index (χ4v) is 7.74. The minimum atomic E-state index is -0.941. The van der Waals surface area contributed by atoms with Crippen LogP contribution in [0, 0.1) is 5.41 Å². The Kier molecular flexibility index (Phi) is 9.05. The van der Waals surface area contributed by atoms with Crippen molar-refractivity contribution in [1.29, 1.82) is 0 Å². The maximum atomic E-state index is 14.1. The number of aliphatic hydroxyl groups is 3. The molecule has 222 valence electrons. The van der Waals surface area contributed by atoms with Crippen LogP contribution in [0.2, 0.25) is 0 Å². The SMILES string of the molecule is COc1ccc(C(=O)c2cc3ccc2[C@@H]2CC[C@@](O)(CN4CCC[C@H]4CO)[C@@]2(C)CCC=C(C)CC[C@H](O)C3)cc1. The van der Waals surface area contributed by atoms with Crippen molar-refractivity contribution in [2.45, 2.75) is 95.3 Å². The number of ether oxygens (including phenoxy) is 1. The molecule has 0 spiro atoms. The monoisotopic (exact) mass is 561 g/mol. The quantitative estimate of drug-likeness (QED) is 0.322. The number of aliphatic hydroxyl groups excluding tert-OH is 2. The van der Waals surface area contributed by atoms with Gasteiger partial charge in [-0.15, -0.1) is 0 Å². The number of allylic oxidation sites excluding steroid dienone is 2. The van der Waals surface area contributed by atoms with E-state index in [9.17, 15) is 20.1 Å². The van der Waals surface area contributed by atoms with Gasteiger partial charge in [-0.1, -0.05) is 30.7 Å². The highest BCUT2D eigenvalue weighted by molar-refractivity contribution is 6.10. The van der Waals surface area contributed by atoms with Gasteiger partial charge in [0.25, 0.3) is 0 Å². The van der Waals surface area contributed by atoms with Crippen LogP contribution in [0.1, 0.15) is 98.2 Å². The number of hydrogen-bond acceptors (Lipinski definition) is 6. The summed E-state index contributed by atoms with van der Waals surface area (Å²) in [5.41, 5.74) is 3.07. The molecule has 1 saturated carbocycles. The van der Waals surface area contributed by atoms with E-state index in [4.69, 9.17) is 4.74 Å². The molecule has 1 saturated heterocycles. The van der Waals surface area contributed by atoms with Crippen molar-refractivity contribution in [3.8, 4) is 5.75 Å². The van der Waals surface area contributed by atoms with E-state index in [0.717, 1.165) is 56.2 Å². The van der Waals surface area contributed by atoms with Crippen LogP contribution >= 0.6 is 0 Å². The molecule has 41 heavy (non-hydrogen) atoms. The number of likely N-dealkylation sites (tertiary alicyclic amines) is 1. The summed E-state index contributed by atoms with van der Waals surface area (Å²) in [7, 11) is 1.61. The lowest BCUT2D eigenvalue weighted by Gasteiger charge is -2.46. The van der Waals surface area contributed by atoms with E-state index in [1.807, 2.05) is 30.3 Å². The average molecular weight is 562 g/mol. The zero-order chi connectivity index (χ0) is 29.2. The predicted octanol–water partition coefficient (Wildman–Crippen LogP) is 5.42. The number of carbonyl (C=O) groups is 1. The Bertz CT molecular complexity index is 1260. The van der Waals surface area contributed by atoms with Crippen LogP contribution in [-0.2, 0) is 6.42 Å². The van der Waals surface area contributed by atoms with Crippen molar-refractivity contribution in [3.05, 3.63) is 76.4 Å². The third kappa shape index (κ3) is 6.03. The first-order valence-electron chi connectivity index (χ1n) is 15.4. The summed E-state index contributed by atoms with van der Waals surface area (Å²) in [6, 6.07) is 13.5. The number of rotatable bonds is 6. The van der Waals surface area contributed by atoms with Crippen molar-refractivity contribution in [2.24, 2.45) is 5.41 Å². The van der Waals surface area contributed by atoms with Crippen molar-refractivity contribution in [2.75, 3.05) is 26.8 Å². The zero-order valence-corrected chi connectivity index (χ0v) is 24.9. The van der Waals surface area contributed by atoms with Gasteiger partial charge in [0.2, 0.25) is 0 Å². The molecule has 0 radical (unpaired) electrons. The first kappa shape index (κ1) is 30.0. The summed E-state index contributed by atoms with van der Waals surface area (Å²) in [4.78, 5) is 16.4. The Morgan fingerprint density at radius 1 is 1.10 bits per heavy atom. The summed E-state index contributed by atoms with van der Waals surface area (Å²) in [6.07, 6.45) is 8.87. The van der Waals surface area contributed by atoms with Gasteiger partial charge < -0.3 is 20.1 Å². The molecule has 3 aliphatic carbocycles. The van der Waals surface area contributed by atoms with E-state index < -0.39 is 17.1 Å². The Morgan fingerprint density at radius 2 is 1.88 bits per heavy atom. The van der Waals surface area contributed by atoms with Crippen LogP contribution in [-0.4, -0.2) is 70.6 Å².